The Balaban J connectivity index is 2.15. The average Bonchev–Trinajstić information content (AvgIpc) is 2.69. The van der Waals surface area contributed by atoms with Gasteiger partial charge in [0, 0.05) is 18.1 Å². The van der Waals surface area contributed by atoms with Gasteiger partial charge in [-0.25, -0.2) is 9.59 Å². The number of amides is 1. The van der Waals surface area contributed by atoms with Crippen molar-refractivity contribution in [1.82, 2.24) is 5.32 Å². The predicted octanol–water partition coefficient (Wildman–Crippen LogP) is 4.34. The van der Waals surface area contributed by atoms with Gasteiger partial charge in [-0.1, -0.05) is 49.4 Å². The summed E-state index contributed by atoms with van der Waals surface area (Å²) in [4.78, 5) is 35.5. The summed E-state index contributed by atoms with van der Waals surface area (Å²) in [7, 11) is 0. The number of ether oxygens (including phenoxy) is 2. The third kappa shape index (κ3) is 6.88. The van der Waals surface area contributed by atoms with E-state index in [1.807, 2.05) is 30.3 Å². The van der Waals surface area contributed by atoms with Crippen molar-refractivity contribution in [3.8, 4) is 0 Å². The van der Waals surface area contributed by atoms with Gasteiger partial charge in [0.2, 0.25) is 0 Å². The van der Waals surface area contributed by atoms with Crippen molar-refractivity contribution in [3.05, 3.63) is 75.8 Å². The van der Waals surface area contributed by atoms with Gasteiger partial charge < -0.3 is 14.8 Å². The van der Waals surface area contributed by atoms with Crippen molar-refractivity contribution < 1.29 is 24.0 Å². The first-order chi connectivity index (χ1) is 14.1. The summed E-state index contributed by atoms with van der Waals surface area (Å²) in [5, 5.41) is 13.4. The fourth-order valence-corrected chi connectivity index (χ4v) is 2.74. The van der Waals surface area contributed by atoms with Gasteiger partial charge in [0.25, 0.3) is 5.69 Å². The fraction of sp³-hybridized carbons (Fsp3) is 0.364. The SMILES string of the molecule is C[C@H](c1ccc([N+](=O)[O-])cc1)[C@H](NC(=O)OCc1ccccc1)C(=O)OC(C)(C)C. The van der Waals surface area contributed by atoms with Crippen molar-refractivity contribution in [2.75, 3.05) is 0 Å². The number of nitro groups is 1. The summed E-state index contributed by atoms with van der Waals surface area (Å²) in [6, 6.07) is 13.9. The van der Waals surface area contributed by atoms with Crippen molar-refractivity contribution in [3.63, 3.8) is 0 Å². The molecule has 0 aromatic heterocycles. The molecule has 2 rings (SSSR count). The molecule has 0 fully saturated rings. The van der Waals surface area contributed by atoms with Crippen LogP contribution < -0.4 is 5.32 Å². The number of benzene rings is 2. The van der Waals surface area contributed by atoms with E-state index in [2.05, 4.69) is 5.32 Å². The Morgan fingerprint density at radius 2 is 1.67 bits per heavy atom. The molecule has 0 spiro atoms. The van der Waals surface area contributed by atoms with Crippen molar-refractivity contribution >= 4 is 17.7 Å². The summed E-state index contributed by atoms with van der Waals surface area (Å²) in [5.41, 5.74) is 0.639. The van der Waals surface area contributed by atoms with Crippen molar-refractivity contribution in [2.24, 2.45) is 0 Å². The number of alkyl carbamates (subject to hydrolysis) is 1. The van der Waals surface area contributed by atoms with E-state index in [-0.39, 0.29) is 12.3 Å². The molecule has 30 heavy (non-hydrogen) atoms. The molecular weight excluding hydrogens is 388 g/mol. The van der Waals surface area contributed by atoms with E-state index in [1.165, 1.54) is 12.1 Å². The summed E-state index contributed by atoms with van der Waals surface area (Å²) < 4.78 is 10.7. The topological polar surface area (TPSA) is 108 Å². The second-order valence-electron chi connectivity index (χ2n) is 7.85. The Hall–Kier alpha value is -3.42. The molecule has 0 bridgehead atoms. The Kier molecular flexibility index (Phi) is 7.52. The highest BCUT2D eigenvalue weighted by atomic mass is 16.6. The highest BCUT2D eigenvalue weighted by Gasteiger charge is 2.32. The summed E-state index contributed by atoms with van der Waals surface area (Å²) in [6.07, 6.45) is -0.761. The minimum Gasteiger partial charge on any atom is -0.458 e. The summed E-state index contributed by atoms with van der Waals surface area (Å²) in [6.45, 7) is 6.97. The Morgan fingerprint density at radius 1 is 1.07 bits per heavy atom. The van der Waals surface area contributed by atoms with Crippen LogP contribution in [0, 0.1) is 10.1 Å². The van der Waals surface area contributed by atoms with Crippen molar-refractivity contribution in [1.29, 1.82) is 0 Å². The number of hydrogen-bond donors (Lipinski definition) is 1. The van der Waals surface area contributed by atoms with E-state index in [1.54, 1.807) is 39.8 Å². The number of carbonyl (C=O) groups excluding carboxylic acids is 2. The Morgan fingerprint density at radius 3 is 2.20 bits per heavy atom. The number of esters is 1. The monoisotopic (exact) mass is 414 g/mol. The second kappa shape index (κ2) is 9.87. The van der Waals surface area contributed by atoms with Gasteiger partial charge in [-0.2, -0.15) is 0 Å². The lowest BCUT2D eigenvalue weighted by Gasteiger charge is -2.28. The van der Waals surface area contributed by atoms with Gasteiger partial charge in [-0.3, -0.25) is 10.1 Å². The molecule has 0 unspecified atom stereocenters. The zero-order valence-corrected chi connectivity index (χ0v) is 17.5. The minimum atomic E-state index is -1.03. The number of rotatable bonds is 7. The van der Waals surface area contributed by atoms with Crippen LogP contribution in [0.5, 0.6) is 0 Å². The first kappa shape index (κ1) is 22.9. The molecule has 1 N–H and O–H groups in total. The maximum atomic E-state index is 12.8. The molecule has 2 aromatic carbocycles. The number of non-ortho nitro benzene ring substituents is 1. The molecule has 0 saturated carbocycles. The van der Waals surface area contributed by atoms with Crippen LogP contribution in [-0.2, 0) is 20.9 Å². The zero-order valence-electron chi connectivity index (χ0n) is 17.5. The van der Waals surface area contributed by atoms with Crippen LogP contribution in [0.1, 0.15) is 44.7 Å². The van der Waals surface area contributed by atoms with Crippen LogP contribution in [0.4, 0.5) is 10.5 Å². The van der Waals surface area contributed by atoms with E-state index in [9.17, 15) is 19.7 Å². The Labute approximate surface area is 175 Å². The standard InChI is InChI=1S/C22H26N2O6/c1-15(17-10-12-18(13-11-17)24(27)28)19(20(25)30-22(2,3)4)23-21(26)29-14-16-8-6-5-7-9-16/h5-13,15,19H,14H2,1-4H3,(H,23,26)/t15-,19+/m1/s1. The third-order valence-electron chi connectivity index (χ3n) is 4.28. The third-order valence-corrected chi connectivity index (χ3v) is 4.28. The molecule has 0 radical (unpaired) electrons. The van der Waals surface area contributed by atoms with Crippen LogP contribution in [0.3, 0.4) is 0 Å². The van der Waals surface area contributed by atoms with Crippen LogP contribution >= 0.6 is 0 Å². The van der Waals surface area contributed by atoms with Crippen LogP contribution in [-0.4, -0.2) is 28.6 Å². The van der Waals surface area contributed by atoms with Crippen molar-refractivity contribution in [2.45, 2.75) is 51.9 Å². The van der Waals surface area contributed by atoms with E-state index in [0.717, 1.165) is 5.56 Å². The molecule has 2 atom stereocenters. The maximum absolute atomic E-state index is 12.8. The molecular formula is C22H26N2O6. The largest absolute Gasteiger partial charge is 0.458 e. The number of nitro benzene ring substituents is 1. The molecule has 0 heterocycles. The summed E-state index contributed by atoms with van der Waals surface area (Å²) >= 11 is 0. The molecule has 0 aliphatic rings. The number of nitrogens with one attached hydrogen (secondary N) is 1. The lowest BCUT2D eigenvalue weighted by atomic mass is 9.93. The van der Waals surface area contributed by atoms with Gasteiger partial charge in [0.05, 0.1) is 4.92 Å². The first-order valence-electron chi connectivity index (χ1n) is 9.51. The van der Waals surface area contributed by atoms with Gasteiger partial charge in [0.15, 0.2) is 0 Å². The fourth-order valence-electron chi connectivity index (χ4n) is 2.74. The van der Waals surface area contributed by atoms with E-state index in [0.29, 0.717) is 5.56 Å². The smallest absolute Gasteiger partial charge is 0.408 e. The predicted molar refractivity (Wildman–Crippen MR) is 111 cm³/mol. The second-order valence-corrected chi connectivity index (χ2v) is 7.85. The summed E-state index contributed by atoms with van der Waals surface area (Å²) in [5.74, 6) is -1.13. The molecule has 1 amide bonds. The lowest BCUT2D eigenvalue weighted by Crippen LogP contribution is -2.47. The highest BCUT2D eigenvalue weighted by molar-refractivity contribution is 5.82. The molecule has 2 aromatic rings. The molecule has 0 aliphatic carbocycles. The zero-order chi connectivity index (χ0) is 22.3. The average molecular weight is 414 g/mol. The maximum Gasteiger partial charge on any atom is 0.408 e. The van der Waals surface area contributed by atoms with Crippen LogP contribution in [0.25, 0.3) is 0 Å². The van der Waals surface area contributed by atoms with E-state index < -0.39 is 34.5 Å². The van der Waals surface area contributed by atoms with Gasteiger partial charge in [0.1, 0.15) is 18.2 Å². The molecule has 0 aliphatic heterocycles. The van der Waals surface area contributed by atoms with Gasteiger partial charge >= 0.3 is 12.1 Å². The van der Waals surface area contributed by atoms with E-state index >= 15 is 0 Å². The molecule has 8 heteroatoms. The molecule has 0 saturated heterocycles. The number of nitrogens with zero attached hydrogens (tertiary/aromatic N) is 1. The highest BCUT2D eigenvalue weighted by Crippen LogP contribution is 2.24. The van der Waals surface area contributed by atoms with Crippen LogP contribution in [0.2, 0.25) is 0 Å². The Bertz CT molecular complexity index is 875. The molecule has 8 nitrogen and oxygen atoms in total. The van der Waals surface area contributed by atoms with Gasteiger partial charge in [-0.15, -0.1) is 0 Å². The van der Waals surface area contributed by atoms with E-state index in [4.69, 9.17) is 9.47 Å². The minimum absolute atomic E-state index is 0.0552. The number of hydrogen-bond acceptors (Lipinski definition) is 6. The van der Waals surface area contributed by atoms with Gasteiger partial charge in [-0.05, 0) is 31.9 Å². The quantitative estimate of drug-likeness (QED) is 0.410. The van der Waals surface area contributed by atoms with Crippen LogP contribution in [0.15, 0.2) is 54.6 Å². The molecule has 160 valence electrons. The first-order valence-corrected chi connectivity index (χ1v) is 9.51. The lowest BCUT2D eigenvalue weighted by molar-refractivity contribution is -0.384. The normalized spacial score (nSPS) is 13.1. The number of carbonyl (C=O) groups is 2.